The van der Waals surface area contributed by atoms with Crippen LogP contribution < -0.4 is 5.76 Å². The van der Waals surface area contributed by atoms with Crippen molar-refractivity contribution in [3.63, 3.8) is 0 Å². The SMILES string of the molecule is Cn1c(=O)oc2cc(C(=O)c3sccc3Br)ccc21. The number of carbonyl (C=O) groups excluding carboxylic acids is 1. The molecule has 0 aliphatic heterocycles. The Balaban J connectivity index is 2.14. The number of nitrogens with zero attached hydrogens (tertiary/aromatic N) is 1. The summed E-state index contributed by atoms with van der Waals surface area (Å²) in [5.41, 5.74) is 1.60. The van der Waals surface area contributed by atoms with Gasteiger partial charge in [-0.3, -0.25) is 9.36 Å². The highest BCUT2D eigenvalue weighted by molar-refractivity contribution is 9.10. The quantitative estimate of drug-likeness (QED) is 0.675. The number of carbonyl (C=O) groups is 1. The normalized spacial score (nSPS) is 11.1. The van der Waals surface area contributed by atoms with Crippen LogP contribution in [0.15, 0.2) is 43.3 Å². The van der Waals surface area contributed by atoms with E-state index >= 15 is 0 Å². The van der Waals surface area contributed by atoms with E-state index < -0.39 is 5.76 Å². The van der Waals surface area contributed by atoms with E-state index in [2.05, 4.69) is 15.9 Å². The summed E-state index contributed by atoms with van der Waals surface area (Å²) in [6.07, 6.45) is 0. The maximum atomic E-state index is 12.3. The first-order valence-electron chi connectivity index (χ1n) is 5.45. The number of benzene rings is 1. The van der Waals surface area contributed by atoms with Crippen LogP contribution >= 0.6 is 27.3 Å². The van der Waals surface area contributed by atoms with Crippen molar-refractivity contribution in [2.45, 2.75) is 0 Å². The second kappa shape index (κ2) is 4.47. The second-order valence-electron chi connectivity index (χ2n) is 4.04. The monoisotopic (exact) mass is 337 g/mol. The van der Waals surface area contributed by atoms with Crippen LogP contribution in [0.3, 0.4) is 0 Å². The molecule has 2 aromatic heterocycles. The molecule has 2 heterocycles. The number of halogens is 1. The van der Waals surface area contributed by atoms with E-state index in [9.17, 15) is 9.59 Å². The lowest BCUT2D eigenvalue weighted by atomic mass is 10.1. The number of oxazole rings is 1. The number of thiophene rings is 1. The minimum absolute atomic E-state index is 0.0877. The standard InChI is InChI=1S/C13H8BrNO3S/c1-15-9-3-2-7(6-10(9)18-13(15)17)11(16)12-8(14)4-5-19-12/h2-6H,1H3. The van der Waals surface area contributed by atoms with Crippen LogP contribution in [0.4, 0.5) is 0 Å². The Bertz CT molecular complexity index is 843. The number of rotatable bonds is 2. The number of ketones is 1. The highest BCUT2D eigenvalue weighted by Gasteiger charge is 2.16. The molecule has 4 nitrogen and oxygen atoms in total. The summed E-state index contributed by atoms with van der Waals surface area (Å²) in [6.45, 7) is 0. The van der Waals surface area contributed by atoms with Gasteiger partial charge in [0.15, 0.2) is 5.58 Å². The van der Waals surface area contributed by atoms with E-state index in [1.807, 2.05) is 11.4 Å². The molecule has 3 rings (SSSR count). The molecule has 0 atom stereocenters. The Morgan fingerprint density at radius 2 is 2.16 bits per heavy atom. The minimum Gasteiger partial charge on any atom is -0.408 e. The summed E-state index contributed by atoms with van der Waals surface area (Å²) < 4.78 is 7.27. The minimum atomic E-state index is -0.433. The molecule has 19 heavy (non-hydrogen) atoms. The van der Waals surface area contributed by atoms with Crippen LogP contribution in [0.1, 0.15) is 15.2 Å². The molecule has 3 aromatic rings. The Hall–Kier alpha value is -1.66. The lowest BCUT2D eigenvalue weighted by Gasteiger charge is -1.99. The zero-order chi connectivity index (χ0) is 13.6. The summed E-state index contributed by atoms with van der Waals surface area (Å²) in [7, 11) is 1.63. The summed E-state index contributed by atoms with van der Waals surface area (Å²) in [5, 5.41) is 1.85. The molecule has 0 radical (unpaired) electrons. The van der Waals surface area contributed by atoms with Gasteiger partial charge in [0.2, 0.25) is 5.78 Å². The first kappa shape index (κ1) is 12.4. The fraction of sp³-hybridized carbons (Fsp3) is 0.0769. The van der Waals surface area contributed by atoms with Crippen LogP contribution in [0.2, 0.25) is 0 Å². The van der Waals surface area contributed by atoms with Gasteiger partial charge in [-0.05, 0) is 45.6 Å². The zero-order valence-corrected chi connectivity index (χ0v) is 12.2. The van der Waals surface area contributed by atoms with Crippen LogP contribution in [0, 0.1) is 0 Å². The molecular formula is C13H8BrNO3S. The molecule has 0 spiro atoms. The van der Waals surface area contributed by atoms with Gasteiger partial charge in [0.05, 0.1) is 10.4 Å². The molecule has 1 aromatic carbocycles. The van der Waals surface area contributed by atoms with Crippen LogP contribution in [-0.2, 0) is 7.05 Å². The fourth-order valence-electron chi connectivity index (χ4n) is 1.86. The topological polar surface area (TPSA) is 52.2 Å². The van der Waals surface area contributed by atoms with Gasteiger partial charge in [-0.1, -0.05) is 0 Å². The summed E-state index contributed by atoms with van der Waals surface area (Å²) in [5.74, 6) is -0.521. The van der Waals surface area contributed by atoms with Crippen LogP contribution in [0.5, 0.6) is 0 Å². The first-order chi connectivity index (χ1) is 9.08. The molecule has 0 aliphatic rings. The average molecular weight is 338 g/mol. The fourth-order valence-corrected chi connectivity index (χ4v) is 3.38. The van der Waals surface area contributed by atoms with Gasteiger partial charge in [-0.2, -0.15) is 0 Å². The van der Waals surface area contributed by atoms with Crippen LogP contribution in [0.25, 0.3) is 11.1 Å². The smallest absolute Gasteiger partial charge is 0.408 e. The van der Waals surface area contributed by atoms with Gasteiger partial charge in [0, 0.05) is 17.1 Å². The zero-order valence-electron chi connectivity index (χ0n) is 9.84. The predicted octanol–water partition coefficient (Wildman–Crippen LogP) is 3.19. The largest absolute Gasteiger partial charge is 0.419 e. The first-order valence-corrected chi connectivity index (χ1v) is 7.12. The van der Waals surface area contributed by atoms with E-state index in [1.54, 1.807) is 25.2 Å². The van der Waals surface area contributed by atoms with Crippen molar-refractivity contribution in [3.8, 4) is 0 Å². The third-order valence-corrected chi connectivity index (χ3v) is 4.71. The Kier molecular flexibility index (Phi) is 2.91. The van der Waals surface area contributed by atoms with E-state index in [-0.39, 0.29) is 5.78 Å². The number of hydrogen-bond acceptors (Lipinski definition) is 4. The molecule has 0 amide bonds. The Morgan fingerprint density at radius 1 is 1.37 bits per heavy atom. The highest BCUT2D eigenvalue weighted by atomic mass is 79.9. The van der Waals surface area contributed by atoms with Gasteiger partial charge in [-0.25, -0.2) is 4.79 Å². The Morgan fingerprint density at radius 3 is 2.84 bits per heavy atom. The molecule has 6 heteroatoms. The van der Waals surface area contributed by atoms with Crippen molar-refractivity contribution in [2.75, 3.05) is 0 Å². The summed E-state index contributed by atoms with van der Waals surface area (Å²) in [6, 6.07) is 6.85. The predicted molar refractivity (Wildman–Crippen MR) is 76.9 cm³/mol. The van der Waals surface area contributed by atoms with Gasteiger partial charge in [-0.15, -0.1) is 11.3 Å². The molecule has 0 aliphatic carbocycles. The number of hydrogen-bond donors (Lipinski definition) is 0. The molecule has 0 N–H and O–H groups in total. The molecule has 96 valence electrons. The molecule has 0 fully saturated rings. The van der Waals surface area contributed by atoms with E-state index in [0.717, 1.165) is 4.47 Å². The lowest BCUT2D eigenvalue weighted by Crippen LogP contribution is -2.08. The number of aryl methyl sites for hydroxylation is 1. The van der Waals surface area contributed by atoms with E-state index in [4.69, 9.17) is 4.42 Å². The van der Waals surface area contributed by atoms with Crippen molar-refractivity contribution in [1.29, 1.82) is 0 Å². The van der Waals surface area contributed by atoms with Gasteiger partial charge in [0.1, 0.15) is 0 Å². The van der Waals surface area contributed by atoms with Crippen molar-refractivity contribution < 1.29 is 9.21 Å². The molecule has 0 saturated carbocycles. The second-order valence-corrected chi connectivity index (χ2v) is 5.81. The van der Waals surface area contributed by atoms with E-state index in [0.29, 0.717) is 21.5 Å². The molecular weight excluding hydrogens is 330 g/mol. The van der Waals surface area contributed by atoms with Crippen molar-refractivity contribution in [2.24, 2.45) is 7.05 Å². The van der Waals surface area contributed by atoms with Crippen LogP contribution in [-0.4, -0.2) is 10.4 Å². The summed E-state index contributed by atoms with van der Waals surface area (Å²) >= 11 is 4.71. The van der Waals surface area contributed by atoms with Crippen molar-refractivity contribution in [1.82, 2.24) is 4.57 Å². The number of aromatic nitrogens is 1. The van der Waals surface area contributed by atoms with Crippen molar-refractivity contribution >= 4 is 44.1 Å². The lowest BCUT2D eigenvalue weighted by molar-refractivity contribution is 0.104. The van der Waals surface area contributed by atoms with Gasteiger partial charge < -0.3 is 4.42 Å². The third-order valence-electron chi connectivity index (χ3n) is 2.88. The molecule has 0 bridgehead atoms. The van der Waals surface area contributed by atoms with Gasteiger partial charge >= 0.3 is 5.76 Å². The average Bonchev–Trinajstić information content (AvgIpc) is 2.93. The third kappa shape index (κ3) is 1.97. The highest BCUT2D eigenvalue weighted by Crippen LogP contribution is 2.26. The van der Waals surface area contributed by atoms with Gasteiger partial charge in [0.25, 0.3) is 0 Å². The maximum Gasteiger partial charge on any atom is 0.419 e. The number of fused-ring (bicyclic) bond motifs is 1. The summed E-state index contributed by atoms with van der Waals surface area (Å²) in [4.78, 5) is 24.4. The molecule has 0 unspecified atom stereocenters. The maximum absolute atomic E-state index is 12.3. The van der Waals surface area contributed by atoms with E-state index in [1.165, 1.54) is 15.9 Å². The van der Waals surface area contributed by atoms with Crippen molar-refractivity contribution in [3.05, 3.63) is 55.1 Å². The Labute approximate surface area is 120 Å². The molecule has 0 saturated heterocycles.